The van der Waals surface area contributed by atoms with Crippen molar-refractivity contribution in [2.75, 3.05) is 43.7 Å². The van der Waals surface area contributed by atoms with Gasteiger partial charge in [0.25, 0.3) is 0 Å². The van der Waals surface area contributed by atoms with Crippen LogP contribution in [0.1, 0.15) is 37.7 Å². The minimum atomic E-state index is -0.889. The van der Waals surface area contributed by atoms with Crippen molar-refractivity contribution in [1.29, 1.82) is 0 Å². The second-order valence-electron chi connectivity index (χ2n) is 7.51. The third-order valence-electron chi connectivity index (χ3n) is 5.43. The number of benzene rings is 1. The standard InChI is InChI=1S/C22H29FN4O4/c1-3-27(18-6-8-31-9-7-18)20-5-4-15(16(14-30-2)11-21(28)29)10-19(20)26-22-24-12-17(23)13-25-22/h4-5,10,12-13,16,18H,3,6-9,11,14H2,1-2H3,(H,28,29)(H,24,25,26)/t16-/m1/s1. The third kappa shape index (κ3) is 6.11. The molecule has 1 aliphatic heterocycles. The van der Waals surface area contributed by atoms with E-state index in [9.17, 15) is 14.3 Å². The van der Waals surface area contributed by atoms with Crippen LogP contribution in [0.15, 0.2) is 30.6 Å². The van der Waals surface area contributed by atoms with Gasteiger partial charge in [0.1, 0.15) is 0 Å². The zero-order valence-electron chi connectivity index (χ0n) is 17.9. The fraction of sp³-hybridized carbons (Fsp3) is 0.500. The molecule has 0 saturated carbocycles. The quantitative estimate of drug-likeness (QED) is 0.588. The number of methoxy groups -OCH3 is 1. The van der Waals surface area contributed by atoms with Crippen LogP contribution in [0.4, 0.5) is 21.7 Å². The SMILES string of the molecule is CCN(c1ccc([C@@H](COC)CC(=O)O)cc1Nc1ncc(F)cn1)C1CCOCC1. The minimum absolute atomic E-state index is 0.0445. The average molecular weight is 432 g/mol. The number of aliphatic carboxylic acids is 1. The molecule has 1 aliphatic rings. The number of carboxylic acids is 1. The van der Waals surface area contributed by atoms with Gasteiger partial charge in [-0.1, -0.05) is 6.07 Å². The van der Waals surface area contributed by atoms with Crippen LogP contribution in [0.2, 0.25) is 0 Å². The van der Waals surface area contributed by atoms with Gasteiger partial charge >= 0.3 is 5.97 Å². The molecule has 2 heterocycles. The van der Waals surface area contributed by atoms with Crippen molar-refractivity contribution in [3.63, 3.8) is 0 Å². The molecule has 9 heteroatoms. The van der Waals surface area contributed by atoms with Gasteiger partial charge in [0.2, 0.25) is 5.95 Å². The van der Waals surface area contributed by atoms with E-state index in [1.54, 1.807) is 7.11 Å². The van der Waals surface area contributed by atoms with E-state index in [1.165, 1.54) is 0 Å². The predicted molar refractivity (Wildman–Crippen MR) is 115 cm³/mol. The van der Waals surface area contributed by atoms with Gasteiger partial charge in [0.15, 0.2) is 5.82 Å². The molecular weight excluding hydrogens is 403 g/mol. The minimum Gasteiger partial charge on any atom is -0.481 e. The van der Waals surface area contributed by atoms with Gasteiger partial charge < -0.3 is 24.8 Å². The molecular formula is C22H29FN4O4. The summed E-state index contributed by atoms with van der Waals surface area (Å²) in [6.07, 6.45) is 4.01. The molecule has 0 bridgehead atoms. The second kappa shape index (κ2) is 11.0. The number of anilines is 3. The molecule has 1 fully saturated rings. The largest absolute Gasteiger partial charge is 0.481 e. The lowest BCUT2D eigenvalue weighted by Crippen LogP contribution is -2.39. The molecule has 2 aromatic rings. The number of hydrogen-bond acceptors (Lipinski definition) is 7. The number of ether oxygens (including phenoxy) is 2. The predicted octanol–water partition coefficient (Wildman–Crippen LogP) is 3.57. The maximum absolute atomic E-state index is 13.3. The highest BCUT2D eigenvalue weighted by Crippen LogP contribution is 2.35. The first-order valence-electron chi connectivity index (χ1n) is 10.5. The molecule has 168 valence electrons. The lowest BCUT2D eigenvalue weighted by atomic mass is 9.95. The Balaban J connectivity index is 1.99. The van der Waals surface area contributed by atoms with E-state index in [0.29, 0.717) is 6.04 Å². The number of halogens is 1. The Morgan fingerprint density at radius 3 is 2.68 bits per heavy atom. The highest BCUT2D eigenvalue weighted by molar-refractivity contribution is 5.75. The molecule has 0 unspecified atom stereocenters. The first-order valence-corrected chi connectivity index (χ1v) is 10.5. The van der Waals surface area contributed by atoms with E-state index in [1.807, 2.05) is 18.2 Å². The van der Waals surface area contributed by atoms with E-state index in [0.717, 1.165) is 61.9 Å². The van der Waals surface area contributed by atoms with Crippen molar-refractivity contribution in [3.8, 4) is 0 Å². The van der Waals surface area contributed by atoms with Gasteiger partial charge in [0.05, 0.1) is 36.8 Å². The Bertz CT molecular complexity index is 859. The van der Waals surface area contributed by atoms with Crippen LogP contribution in [0.3, 0.4) is 0 Å². The van der Waals surface area contributed by atoms with E-state index in [-0.39, 0.29) is 24.9 Å². The number of rotatable bonds is 10. The second-order valence-corrected chi connectivity index (χ2v) is 7.51. The molecule has 31 heavy (non-hydrogen) atoms. The van der Waals surface area contributed by atoms with Crippen molar-refractivity contribution in [2.24, 2.45) is 0 Å². The maximum Gasteiger partial charge on any atom is 0.304 e. The zero-order valence-corrected chi connectivity index (χ0v) is 17.9. The number of nitrogens with one attached hydrogen (secondary N) is 1. The summed E-state index contributed by atoms with van der Waals surface area (Å²) in [6, 6.07) is 6.18. The smallest absolute Gasteiger partial charge is 0.304 e. The summed E-state index contributed by atoms with van der Waals surface area (Å²) in [5.74, 6) is -1.44. The van der Waals surface area contributed by atoms with Gasteiger partial charge in [-0.05, 0) is 37.5 Å². The fourth-order valence-electron chi connectivity index (χ4n) is 3.96. The summed E-state index contributed by atoms with van der Waals surface area (Å²) in [4.78, 5) is 21.7. The molecule has 0 radical (unpaired) electrons. The topological polar surface area (TPSA) is 96.8 Å². The summed E-state index contributed by atoms with van der Waals surface area (Å²) < 4.78 is 24.0. The van der Waals surface area contributed by atoms with Gasteiger partial charge in [-0.25, -0.2) is 14.4 Å². The van der Waals surface area contributed by atoms with Crippen LogP contribution in [-0.2, 0) is 14.3 Å². The first kappa shape index (κ1) is 22.9. The lowest BCUT2D eigenvalue weighted by molar-refractivity contribution is -0.137. The molecule has 2 N–H and O–H groups in total. The summed E-state index contributed by atoms with van der Waals surface area (Å²) in [5, 5.41) is 12.5. The lowest BCUT2D eigenvalue weighted by Gasteiger charge is -2.36. The van der Waals surface area contributed by atoms with E-state index in [2.05, 4.69) is 27.1 Å². The van der Waals surface area contributed by atoms with Crippen molar-refractivity contribution in [3.05, 3.63) is 42.0 Å². The number of carbonyl (C=O) groups is 1. The van der Waals surface area contributed by atoms with Crippen molar-refractivity contribution in [1.82, 2.24) is 9.97 Å². The first-order chi connectivity index (χ1) is 15.0. The van der Waals surface area contributed by atoms with Gasteiger partial charge in [-0.15, -0.1) is 0 Å². The van der Waals surface area contributed by atoms with Crippen LogP contribution in [0.5, 0.6) is 0 Å². The highest BCUT2D eigenvalue weighted by Gasteiger charge is 2.24. The Morgan fingerprint density at radius 2 is 2.06 bits per heavy atom. The van der Waals surface area contributed by atoms with Crippen LogP contribution in [0.25, 0.3) is 0 Å². The van der Waals surface area contributed by atoms with Gasteiger partial charge in [-0.2, -0.15) is 0 Å². The molecule has 3 rings (SSSR count). The molecule has 1 aromatic heterocycles. The van der Waals surface area contributed by atoms with Gasteiger partial charge in [-0.3, -0.25) is 4.79 Å². The number of nitrogens with zero attached hydrogens (tertiary/aromatic N) is 3. The van der Waals surface area contributed by atoms with E-state index < -0.39 is 11.8 Å². The van der Waals surface area contributed by atoms with E-state index >= 15 is 0 Å². The summed E-state index contributed by atoms with van der Waals surface area (Å²) in [6.45, 7) is 4.62. The molecule has 0 spiro atoms. The Labute approximate surface area is 181 Å². The summed E-state index contributed by atoms with van der Waals surface area (Å²) in [5.41, 5.74) is 2.53. The molecule has 1 saturated heterocycles. The highest BCUT2D eigenvalue weighted by atomic mass is 19.1. The maximum atomic E-state index is 13.3. The van der Waals surface area contributed by atoms with Crippen LogP contribution in [0, 0.1) is 5.82 Å². The van der Waals surface area contributed by atoms with Crippen molar-refractivity contribution in [2.45, 2.75) is 38.1 Å². The number of hydrogen-bond donors (Lipinski definition) is 2. The molecule has 0 aliphatic carbocycles. The summed E-state index contributed by atoms with van der Waals surface area (Å²) in [7, 11) is 1.55. The zero-order chi connectivity index (χ0) is 22.2. The van der Waals surface area contributed by atoms with Crippen LogP contribution >= 0.6 is 0 Å². The van der Waals surface area contributed by atoms with Crippen molar-refractivity contribution >= 4 is 23.3 Å². The molecule has 1 atom stereocenters. The normalized spacial score (nSPS) is 15.5. The Kier molecular flexibility index (Phi) is 8.13. The van der Waals surface area contributed by atoms with Crippen molar-refractivity contribution < 1.29 is 23.8 Å². The van der Waals surface area contributed by atoms with Crippen LogP contribution in [-0.4, -0.2) is 60.6 Å². The molecule has 1 aromatic carbocycles. The fourth-order valence-corrected chi connectivity index (χ4v) is 3.96. The average Bonchev–Trinajstić information content (AvgIpc) is 2.77. The monoisotopic (exact) mass is 432 g/mol. The summed E-state index contributed by atoms with van der Waals surface area (Å²) >= 11 is 0. The number of carboxylic acid groups (broad SMARTS) is 1. The Hall–Kier alpha value is -2.78. The Morgan fingerprint density at radius 1 is 1.35 bits per heavy atom. The molecule has 0 amide bonds. The number of aromatic nitrogens is 2. The molecule has 8 nitrogen and oxygen atoms in total. The third-order valence-corrected chi connectivity index (χ3v) is 5.43. The van der Waals surface area contributed by atoms with Crippen LogP contribution < -0.4 is 10.2 Å². The van der Waals surface area contributed by atoms with E-state index in [4.69, 9.17) is 9.47 Å². The van der Waals surface area contributed by atoms with Gasteiger partial charge in [0, 0.05) is 38.8 Å².